The maximum Gasteiger partial charge on any atom is 0.238 e. The Labute approximate surface area is 104 Å². The third-order valence-electron chi connectivity index (χ3n) is 3.30. The average Bonchev–Trinajstić information content (AvgIpc) is 2.30. The number of hydrogen-bond donors (Lipinski definition) is 1. The summed E-state index contributed by atoms with van der Waals surface area (Å²) in [6, 6.07) is 0.383. The molecule has 2 nitrogen and oxygen atoms in total. The number of rotatable bonds is 6. The second kappa shape index (κ2) is 7.94. The van der Waals surface area contributed by atoms with Crippen molar-refractivity contribution in [3.63, 3.8) is 0 Å². The van der Waals surface area contributed by atoms with E-state index in [1.165, 1.54) is 32.1 Å². The van der Waals surface area contributed by atoms with Gasteiger partial charge in [-0.05, 0) is 19.3 Å². The van der Waals surface area contributed by atoms with Crippen molar-refractivity contribution >= 4 is 17.5 Å². The third kappa shape index (κ3) is 5.20. The molecule has 3 heteroatoms. The topological polar surface area (TPSA) is 29.1 Å². The third-order valence-corrected chi connectivity index (χ3v) is 3.71. The Balaban J connectivity index is 2.16. The van der Waals surface area contributed by atoms with Crippen LogP contribution in [0.3, 0.4) is 0 Å². The Morgan fingerprint density at radius 2 is 2.00 bits per heavy atom. The lowest BCUT2D eigenvalue weighted by atomic mass is 9.95. The van der Waals surface area contributed by atoms with Crippen molar-refractivity contribution in [2.75, 3.05) is 0 Å². The lowest BCUT2D eigenvalue weighted by molar-refractivity contribution is -0.121. The summed E-state index contributed by atoms with van der Waals surface area (Å²) in [6.07, 6.45) is 10.3. The fourth-order valence-corrected chi connectivity index (χ4v) is 2.46. The molecule has 0 heterocycles. The highest BCUT2D eigenvalue weighted by atomic mass is 35.5. The van der Waals surface area contributed by atoms with Crippen LogP contribution in [0.25, 0.3) is 0 Å². The summed E-state index contributed by atoms with van der Waals surface area (Å²) in [4.78, 5) is 11.8. The van der Waals surface area contributed by atoms with E-state index < -0.39 is 0 Å². The summed E-state index contributed by atoms with van der Waals surface area (Å²) in [7, 11) is 0. The number of nitrogens with one attached hydrogen (secondary N) is 1. The Morgan fingerprint density at radius 3 is 2.62 bits per heavy atom. The molecular formula is C13H24ClNO. The lowest BCUT2D eigenvalue weighted by Crippen LogP contribution is -2.40. The smallest absolute Gasteiger partial charge is 0.238 e. The standard InChI is InChI=1S/C13H24ClNO/c1-2-3-5-10-12(14)13(16)15-11-8-6-4-7-9-11/h11-12H,2-10H2,1H3,(H,15,16). The highest BCUT2D eigenvalue weighted by Crippen LogP contribution is 2.18. The zero-order valence-electron chi connectivity index (χ0n) is 10.3. The summed E-state index contributed by atoms with van der Waals surface area (Å²) in [5.41, 5.74) is 0. The summed E-state index contributed by atoms with van der Waals surface area (Å²) in [5.74, 6) is 0.0460. The molecule has 0 saturated heterocycles. The van der Waals surface area contributed by atoms with Crippen LogP contribution in [0, 0.1) is 0 Å². The highest BCUT2D eigenvalue weighted by Gasteiger charge is 2.20. The lowest BCUT2D eigenvalue weighted by Gasteiger charge is -2.23. The molecule has 0 aliphatic heterocycles. The Kier molecular flexibility index (Phi) is 6.86. The van der Waals surface area contributed by atoms with E-state index in [2.05, 4.69) is 12.2 Å². The van der Waals surface area contributed by atoms with Gasteiger partial charge in [-0.25, -0.2) is 0 Å². The molecule has 1 aliphatic rings. The van der Waals surface area contributed by atoms with Gasteiger partial charge in [-0.15, -0.1) is 11.6 Å². The SMILES string of the molecule is CCCCCC(Cl)C(=O)NC1CCCCC1. The molecule has 0 bridgehead atoms. The zero-order chi connectivity index (χ0) is 11.8. The quantitative estimate of drug-likeness (QED) is 0.562. The van der Waals surface area contributed by atoms with Crippen LogP contribution in [0.5, 0.6) is 0 Å². The number of hydrogen-bond acceptors (Lipinski definition) is 1. The van der Waals surface area contributed by atoms with Crippen LogP contribution in [-0.4, -0.2) is 17.3 Å². The molecule has 1 saturated carbocycles. The summed E-state index contributed by atoms with van der Waals surface area (Å²) < 4.78 is 0. The number of carbonyl (C=O) groups excluding carboxylic acids is 1. The van der Waals surface area contributed by atoms with Gasteiger partial charge in [0.25, 0.3) is 0 Å². The molecule has 1 unspecified atom stereocenters. The molecule has 0 radical (unpaired) electrons. The van der Waals surface area contributed by atoms with Crippen molar-refractivity contribution in [3.8, 4) is 0 Å². The van der Waals surface area contributed by atoms with Gasteiger partial charge in [0.15, 0.2) is 0 Å². The second-order valence-corrected chi connectivity index (χ2v) is 5.33. The fraction of sp³-hybridized carbons (Fsp3) is 0.923. The molecule has 1 N–H and O–H groups in total. The van der Waals surface area contributed by atoms with Crippen LogP contribution in [0.1, 0.15) is 64.7 Å². The molecule has 0 aromatic heterocycles. The molecule has 1 atom stereocenters. The minimum absolute atomic E-state index is 0.0460. The average molecular weight is 246 g/mol. The van der Waals surface area contributed by atoms with Crippen molar-refractivity contribution in [2.45, 2.75) is 76.1 Å². The molecule has 0 aromatic rings. The molecule has 1 aliphatic carbocycles. The molecule has 1 fully saturated rings. The van der Waals surface area contributed by atoms with E-state index >= 15 is 0 Å². The maximum atomic E-state index is 11.8. The highest BCUT2D eigenvalue weighted by molar-refractivity contribution is 6.30. The van der Waals surface area contributed by atoms with E-state index in [0.29, 0.717) is 6.04 Å². The monoisotopic (exact) mass is 245 g/mol. The Bertz CT molecular complexity index is 202. The van der Waals surface area contributed by atoms with E-state index in [1.807, 2.05) is 0 Å². The molecule has 94 valence electrons. The zero-order valence-corrected chi connectivity index (χ0v) is 11.1. The molecule has 1 amide bonds. The normalized spacial score (nSPS) is 19.4. The number of unbranched alkanes of at least 4 members (excludes halogenated alkanes) is 2. The van der Waals surface area contributed by atoms with Crippen molar-refractivity contribution in [2.24, 2.45) is 0 Å². The number of amides is 1. The molecular weight excluding hydrogens is 222 g/mol. The number of halogens is 1. The first-order chi connectivity index (χ1) is 7.74. The van der Waals surface area contributed by atoms with Crippen molar-refractivity contribution in [1.29, 1.82) is 0 Å². The van der Waals surface area contributed by atoms with Crippen LogP contribution in [0.4, 0.5) is 0 Å². The van der Waals surface area contributed by atoms with E-state index in [4.69, 9.17) is 11.6 Å². The Hall–Kier alpha value is -0.240. The summed E-state index contributed by atoms with van der Waals surface area (Å²) >= 11 is 6.07. The van der Waals surface area contributed by atoms with Gasteiger partial charge in [0.2, 0.25) is 5.91 Å². The number of alkyl halides is 1. The van der Waals surface area contributed by atoms with Crippen LogP contribution in [-0.2, 0) is 4.79 Å². The molecule has 0 spiro atoms. The minimum atomic E-state index is -0.325. The molecule has 16 heavy (non-hydrogen) atoms. The van der Waals surface area contributed by atoms with Crippen LogP contribution < -0.4 is 5.32 Å². The Morgan fingerprint density at radius 1 is 1.31 bits per heavy atom. The van der Waals surface area contributed by atoms with Crippen molar-refractivity contribution < 1.29 is 4.79 Å². The number of carbonyl (C=O) groups is 1. The summed E-state index contributed by atoms with van der Waals surface area (Å²) in [6.45, 7) is 2.16. The second-order valence-electron chi connectivity index (χ2n) is 4.81. The van der Waals surface area contributed by atoms with Gasteiger partial charge < -0.3 is 5.32 Å². The maximum absolute atomic E-state index is 11.8. The van der Waals surface area contributed by atoms with Crippen molar-refractivity contribution in [1.82, 2.24) is 5.32 Å². The van der Waals surface area contributed by atoms with Gasteiger partial charge in [-0.1, -0.05) is 45.4 Å². The summed E-state index contributed by atoms with van der Waals surface area (Å²) in [5, 5.41) is 2.75. The van der Waals surface area contributed by atoms with Gasteiger partial charge in [-0.2, -0.15) is 0 Å². The van der Waals surface area contributed by atoms with E-state index in [-0.39, 0.29) is 11.3 Å². The van der Waals surface area contributed by atoms with E-state index in [1.54, 1.807) is 0 Å². The van der Waals surface area contributed by atoms with Gasteiger partial charge in [0, 0.05) is 6.04 Å². The van der Waals surface area contributed by atoms with E-state index in [0.717, 1.165) is 25.7 Å². The van der Waals surface area contributed by atoms with Crippen molar-refractivity contribution in [3.05, 3.63) is 0 Å². The minimum Gasteiger partial charge on any atom is -0.352 e. The van der Waals surface area contributed by atoms with Gasteiger partial charge in [-0.3, -0.25) is 4.79 Å². The first-order valence-corrected chi connectivity index (χ1v) is 7.12. The van der Waals surface area contributed by atoms with Gasteiger partial charge in [0.05, 0.1) is 0 Å². The predicted molar refractivity (Wildman–Crippen MR) is 68.8 cm³/mol. The first-order valence-electron chi connectivity index (χ1n) is 6.68. The van der Waals surface area contributed by atoms with E-state index in [9.17, 15) is 4.79 Å². The first kappa shape index (κ1) is 13.8. The fourth-order valence-electron chi connectivity index (χ4n) is 2.24. The molecule has 0 aromatic carbocycles. The largest absolute Gasteiger partial charge is 0.352 e. The van der Waals surface area contributed by atoms with Gasteiger partial charge in [0.1, 0.15) is 5.38 Å². The predicted octanol–water partition coefficient (Wildman–Crippen LogP) is 3.62. The van der Waals surface area contributed by atoms with Crippen LogP contribution in [0.15, 0.2) is 0 Å². The van der Waals surface area contributed by atoms with Crippen LogP contribution >= 0.6 is 11.6 Å². The molecule has 1 rings (SSSR count). The van der Waals surface area contributed by atoms with Gasteiger partial charge >= 0.3 is 0 Å². The van der Waals surface area contributed by atoms with Crippen LogP contribution in [0.2, 0.25) is 0 Å².